The fourth-order valence-electron chi connectivity index (χ4n) is 1.86. The standard InChI is InChI=1S/C13H17NO3/c1-8-5-11(6-14-12(16)7-15)9(2)10(3)13(8)17-4/h5,7H,6H2,1-4H3,(H,14,16). The zero-order chi connectivity index (χ0) is 13.0. The van der Waals surface area contributed by atoms with Crippen LogP contribution in [-0.2, 0) is 16.1 Å². The Morgan fingerprint density at radius 3 is 2.53 bits per heavy atom. The fraction of sp³-hybridized carbons (Fsp3) is 0.385. The van der Waals surface area contributed by atoms with Crippen LogP contribution in [0.4, 0.5) is 0 Å². The van der Waals surface area contributed by atoms with Crippen LogP contribution in [0, 0.1) is 20.8 Å². The second-order valence-electron chi connectivity index (χ2n) is 3.97. The molecule has 0 radical (unpaired) electrons. The van der Waals surface area contributed by atoms with E-state index in [1.54, 1.807) is 7.11 Å². The second kappa shape index (κ2) is 5.48. The second-order valence-corrected chi connectivity index (χ2v) is 3.97. The molecule has 4 heteroatoms. The van der Waals surface area contributed by atoms with E-state index in [2.05, 4.69) is 5.32 Å². The van der Waals surface area contributed by atoms with Crippen molar-refractivity contribution >= 4 is 12.2 Å². The number of ether oxygens (including phenoxy) is 1. The molecule has 0 aromatic heterocycles. The zero-order valence-electron chi connectivity index (χ0n) is 10.6. The Labute approximate surface area is 101 Å². The van der Waals surface area contributed by atoms with Gasteiger partial charge in [0.05, 0.1) is 7.11 Å². The van der Waals surface area contributed by atoms with Crippen LogP contribution in [0.15, 0.2) is 6.07 Å². The highest BCUT2D eigenvalue weighted by Gasteiger charge is 2.10. The zero-order valence-corrected chi connectivity index (χ0v) is 10.6. The molecule has 1 amide bonds. The molecule has 0 fully saturated rings. The fourth-order valence-corrected chi connectivity index (χ4v) is 1.86. The van der Waals surface area contributed by atoms with Crippen LogP contribution < -0.4 is 10.1 Å². The molecule has 0 bridgehead atoms. The largest absolute Gasteiger partial charge is 0.496 e. The first-order valence-electron chi connectivity index (χ1n) is 5.38. The smallest absolute Gasteiger partial charge is 0.284 e. The van der Waals surface area contributed by atoms with Gasteiger partial charge in [0.2, 0.25) is 6.29 Å². The van der Waals surface area contributed by atoms with E-state index in [1.165, 1.54) is 0 Å². The van der Waals surface area contributed by atoms with E-state index < -0.39 is 5.91 Å². The molecule has 1 aromatic carbocycles. The number of nitrogens with one attached hydrogen (secondary N) is 1. The number of rotatable bonds is 4. The van der Waals surface area contributed by atoms with Gasteiger partial charge in [0.15, 0.2) is 0 Å². The Morgan fingerprint density at radius 2 is 2.00 bits per heavy atom. The number of carbonyl (C=O) groups is 2. The van der Waals surface area contributed by atoms with E-state index in [0.29, 0.717) is 6.54 Å². The highest BCUT2D eigenvalue weighted by molar-refractivity contribution is 6.23. The van der Waals surface area contributed by atoms with Gasteiger partial charge >= 0.3 is 0 Å². The summed E-state index contributed by atoms with van der Waals surface area (Å²) in [6, 6.07) is 1.96. The van der Waals surface area contributed by atoms with Gasteiger partial charge in [0.25, 0.3) is 5.91 Å². The lowest BCUT2D eigenvalue weighted by atomic mass is 9.98. The highest BCUT2D eigenvalue weighted by atomic mass is 16.5. The molecule has 0 aliphatic heterocycles. The van der Waals surface area contributed by atoms with Crippen LogP contribution in [0.25, 0.3) is 0 Å². The monoisotopic (exact) mass is 235 g/mol. The molecular formula is C13H17NO3. The lowest BCUT2D eigenvalue weighted by Crippen LogP contribution is -2.24. The highest BCUT2D eigenvalue weighted by Crippen LogP contribution is 2.28. The average Bonchev–Trinajstić information content (AvgIpc) is 2.32. The van der Waals surface area contributed by atoms with Gasteiger partial charge in [-0.2, -0.15) is 0 Å². The van der Waals surface area contributed by atoms with Gasteiger partial charge in [-0.1, -0.05) is 6.07 Å². The van der Waals surface area contributed by atoms with Crippen LogP contribution in [0.1, 0.15) is 22.3 Å². The lowest BCUT2D eigenvalue weighted by molar-refractivity contribution is -0.131. The summed E-state index contributed by atoms with van der Waals surface area (Å²) in [6.07, 6.45) is 0.276. The first-order chi connectivity index (χ1) is 8.01. The molecule has 0 aliphatic rings. The molecular weight excluding hydrogens is 218 g/mol. The van der Waals surface area contributed by atoms with Crippen molar-refractivity contribution in [1.82, 2.24) is 5.32 Å². The van der Waals surface area contributed by atoms with Crippen LogP contribution in [-0.4, -0.2) is 19.3 Å². The minimum Gasteiger partial charge on any atom is -0.496 e. The maximum Gasteiger partial charge on any atom is 0.284 e. The summed E-state index contributed by atoms with van der Waals surface area (Å²) >= 11 is 0. The van der Waals surface area contributed by atoms with Crippen LogP contribution in [0.5, 0.6) is 5.75 Å². The molecule has 0 heterocycles. The minimum absolute atomic E-state index is 0.276. The summed E-state index contributed by atoms with van der Waals surface area (Å²) in [7, 11) is 1.64. The van der Waals surface area contributed by atoms with Gasteiger partial charge in [0.1, 0.15) is 5.75 Å². The van der Waals surface area contributed by atoms with E-state index in [-0.39, 0.29) is 6.29 Å². The summed E-state index contributed by atoms with van der Waals surface area (Å²) in [6.45, 7) is 6.26. The van der Waals surface area contributed by atoms with Crippen molar-refractivity contribution in [1.29, 1.82) is 0 Å². The first-order valence-corrected chi connectivity index (χ1v) is 5.38. The van der Waals surface area contributed by atoms with Crippen LogP contribution >= 0.6 is 0 Å². The van der Waals surface area contributed by atoms with Crippen molar-refractivity contribution in [3.63, 3.8) is 0 Å². The maximum absolute atomic E-state index is 10.9. The molecule has 0 aliphatic carbocycles. The average molecular weight is 235 g/mol. The van der Waals surface area contributed by atoms with Crippen molar-refractivity contribution < 1.29 is 14.3 Å². The maximum atomic E-state index is 10.9. The first kappa shape index (κ1) is 13.2. The summed E-state index contributed by atoms with van der Waals surface area (Å²) in [5.41, 5.74) is 4.14. The van der Waals surface area contributed by atoms with Crippen LogP contribution in [0.2, 0.25) is 0 Å². The normalized spacial score (nSPS) is 9.88. The quantitative estimate of drug-likeness (QED) is 0.634. The van der Waals surface area contributed by atoms with Crippen molar-refractivity contribution in [2.24, 2.45) is 0 Å². The predicted molar refractivity (Wildman–Crippen MR) is 65.1 cm³/mol. The van der Waals surface area contributed by atoms with Gasteiger partial charge < -0.3 is 10.1 Å². The number of aryl methyl sites for hydroxylation is 1. The molecule has 0 spiro atoms. The summed E-state index contributed by atoms with van der Waals surface area (Å²) < 4.78 is 5.31. The molecule has 92 valence electrons. The molecule has 17 heavy (non-hydrogen) atoms. The van der Waals surface area contributed by atoms with Gasteiger partial charge in [-0.05, 0) is 43.0 Å². The summed E-state index contributed by atoms with van der Waals surface area (Å²) in [5, 5.41) is 2.53. The molecule has 1 N–H and O–H groups in total. The van der Waals surface area contributed by atoms with E-state index >= 15 is 0 Å². The SMILES string of the molecule is COc1c(C)cc(CNC(=O)C=O)c(C)c1C. The molecule has 0 saturated heterocycles. The Balaban J connectivity index is 3.02. The number of benzene rings is 1. The van der Waals surface area contributed by atoms with E-state index in [1.807, 2.05) is 26.8 Å². The Kier molecular flexibility index (Phi) is 4.26. The topological polar surface area (TPSA) is 55.4 Å². The van der Waals surface area contributed by atoms with Gasteiger partial charge in [-0.15, -0.1) is 0 Å². The lowest BCUT2D eigenvalue weighted by Gasteiger charge is -2.15. The number of carbonyl (C=O) groups excluding carboxylic acids is 2. The Hall–Kier alpha value is -1.84. The van der Waals surface area contributed by atoms with Gasteiger partial charge in [-0.25, -0.2) is 0 Å². The third kappa shape index (κ3) is 2.84. The molecule has 0 atom stereocenters. The number of hydrogen-bond acceptors (Lipinski definition) is 3. The molecule has 1 rings (SSSR count). The van der Waals surface area contributed by atoms with Gasteiger partial charge in [-0.3, -0.25) is 9.59 Å². The summed E-state index contributed by atoms with van der Waals surface area (Å²) in [5.74, 6) is 0.267. The number of aldehydes is 1. The minimum atomic E-state index is -0.601. The Bertz CT molecular complexity index is 452. The number of amides is 1. The molecule has 0 unspecified atom stereocenters. The predicted octanol–water partition coefficient (Wildman–Crippen LogP) is 1.44. The third-order valence-corrected chi connectivity index (χ3v) is 2.90. The van der Waals surface area contributed by atoms with Crippen molar-refractivity contribution in [2.45, 2.75) is 27.3 Å². The molecule has 1 aromatic rings. The van der Waals surface area contributed by atoms with E-state index in [4.69, 9.17) is 4.74 Å². The Morgan fingerprint density at radius 1 is 1.35 bits per heavy atom. The van der Waals surface area contributed by atoms with Crippen molar-refractivity contribution in [3.8, 4) is 5.75 Å². The number of methoxy groups -OCH3 is 1. The van der Waals surface area contributed by atoms with Gasteiger partial charge in [0, 0.05) is 6.54 Å². The van der Waals surface area contributed by atoms with Crippen molar-refractivity contribution in [2.75, 3.05) is 7.11 Å². The molecule has 0 saturated carbocycles. The van der Waals surface area contributed by atoms with E-state index in [9.17, 15) is 9.59 Å². The van der Waals surface area contributed by atoms with E-state index in [0.717, 1.165) is 28.0 Å². The molecule has 4 nitrogen and oxygen atoms in total. The summed E-state index contributed by atoms with van der Waals surface area (Å²) in [4.78, 5) is 21.1. The number of hydrogen-bond donors (Lipinski definition) is 1. The van der Waals surface area contributed by atoms with Crippen molar-refractivity contribution in [3.05, 3.63) is 28.3 Å². The van der Waals surface area contributed by atoms with Crippen LogP contribution in [0.3, 0.4) is 0 Å². The third-order valence-electron chi connectivity index (χ3n) is 2.90.